The van der Waals surface area contributed by atoms with Gasteiger partial charge in [0.2, 0.25) is 16.0 Å². The van der Waals surface area contributed by atoms with E-state index >= 15 is 0 Å². The van der Waals surface area contributed by atoms with E-state index in [2.05, 4.69) is 32.8 Å². The van der Waals surface area contributed by atoms with Crippen molar-refractivity contribution in [2.24, 2.45) is 0 Å². The summed E-state index contributed by atoms with van der Waals surface area (Å²) < 4.78 is 31.9. The Morgan fingerprint density at radius 2 is 1.88 bits per heavy atom. The summed E-state index contributed by atoms with van der Waals surface area (Å²) in [4.78, 5) is 23.7. The third-order valence-electron chi connectivity index (χ3n) is 6.15. The third kappa shape index (κ3) is 4.84. The second-order valence-corrected chi connectivity index (χ2v) is 11.8. The zero-order chi connectivity index (χ0) is 23.9. The van der Waals surface area contributed by atoms with Gasteiger partial charge in [-0.2, -0.15) is 4.31 Å². The van der Waals surface area contributed by atoms with Crippen molar-refractivity contribution < 1.29 is 13.2 Å². The highest BCUT2D eigenvalue weighted by molar-refractivity contribution is 7.88. The van der Waals surface area contributed by atoms with Crippen molar-refractivity contribution >= 4 is 43.3 Å². The summed E-state index contributed by atoms with van der Waals surface area (Å²) in [6.45, 7) is 7.37. The monoisotopic (exact) mass is 504 g/mol. The number of fused-ring (bicyclic) bond motifs is 1. The summed E-state index contributed by atoms with van der Waals surface area (Å²) in [7, 11) is -3.14. The Kier molecular flexibility index (Phi) is 6.37. The largest absolute Gasteiger partial charge is 0.377 e. The first-order chi connectivity index (χ1) is 16.3. The Bertz CT molecular complexity index is 1270. The van der Waals surface area contributed by atoms with Crippen LogP contribution in [0.4, 0.5) is 11.8 Å². The minimum Gasteiger partial charge on any atom is -0.377 e. The minimum absolute atomic E-state index is 0.192. The molecule has 3 aromatic rings. The number of nitrogens with zero attached hydrogens (tertiary/aromatic N) is 7. The molecule has 0 amide bonds. The van der Waals surface area contributed by atoms with Gasteiger partial charge in [0, 0.05) is 56.5 Å². The summed E-state index contributed by atoms with van der Waals surface area (Å²) in [5, 5.41) is 0. The molecule has 0 radical (unpaired) electrons. The van der Waals surface area contributed by atoms with Gasteiger partial charge < -0.3 is 15.4 Å². The molecule has 34 heavy (non-hydrogen) atoms. The number of nitrogens with two attached hydrogens (primary N) is 1. The van der Waals surface area contributed by atoms with Gasteiger partial charge in [0.15, 0.2) is 11.6 Å². The van der Waals surface area contributed by atoms with Crippen LogP contribution in [0.1, 0.15) is 11.8 Å². The highest BCUT2D eigenvalue weighted by Crippen LogP contribution is 2.36. The van der Waals surface area contributed by atoms with Crippen LogP contribution in [-0.2, 0) is 21.3 Å². The van der Waals surface area contributed by atoms with Crippen LogP contribution >= 0.6 is 11.3 Å². The molecule has 5 rings (SSSR count). The van der Waals surface area contributed by atoms with Crippen molar-refractivity contribution in [1.82, 2.24) is 29.1 Å². The number of hydrogen-bond acceptors (Lipinski definition) is 11. The minimum atomic E-state index is -3.14. The van der Waals surface area contributed by atoms with Gasteiger partial charge in [0.25, 0.3) is 0 Å². The number of nitrogen functional groups attached to an aromatic ring is 1. The van der Waals surface area contributed by atoms with Gasteiger partial charge in [-0.05, 0) is 13.0 Å². The molecular formula is C21H28N8O3S2. The fraction of sp³-hybridized carbons (Fsp3) is 0.524. The van der Waals surface area contributed by atoms with Crippen LogP contribution in [0, 0.1) is 0 Å². The fourth-order valence-electron chi connectivity index (χ4n) is 4.30. The van der Waals surface area contributed by atoms with Crippen LogP contribution < -0.4 is 10.6 Å². The standard InChI is InChI=1S/C21H28N8O3S2/c1-14-13-32-8-7-29(14)20-18-17(25-19(26-20)15-10-23-21(22)24-11-15)9-16(33-18)12-27-3-5-28(6-4-27)34(2,30)31/h9-11,14H,3-8,12-13H2,1-2H3,(H2,22,23,24). The van der Waals surface area contributed by atoms with E-state index in [1.165, 1.54) is 11.1 Å². The molecule has 0 aliphatic carbocycles. The Balaban J connectivity index is 1.47. The number of aromatic nitrogens is 4. The second-order valence-electron chi connectivity index (χ2n) is 8.68. The van der Waals surface area contributed by atoms with Crippen LogP contribution in [-0.4, -0.2) is 95.8 Å². The topological polar surface area (TPSA) is 131 Å². The lowest BCUT2D eigenvalue weighted by Gasteiger charge is -2.34. The van der Waals surface area contributed by atoms with Gasteiger partial charge in [0.1, 0.15) is 0 Å². The van der Waals surface area contributed by atoms with Gasteiger partial charge in [0.05, 0.1) is 41.3 Å². The Morgan fingerprint density at radius 3 is 2.56 bits per heavy atom. The highest BCUT2D eigenvalue weighted by atomic mass is 32.2. The molecule has 3 aromatic heterocycles. The summed E-state index contributed by atoms with van der Waals surface area (Å²) in [5.74, 6) is 1.67. The van der Waals surface area contributed by atoms with Crippen molar-refractivity contribution in [3.8, 4) is 11.4 Å². The van der Waals surface area contributed by atoms with Crippen molar-refractivity contribution in [3.05, 3.63) is 23.3 Å². The van der Waals surface area contributed by atoms with Crippen LogP contribution in [0.5, 0.6) is 0 Å². The van der Waals surface area contributed by atoms with E-state index in [1.54, 1.807) is 28.0 Å². The molecule has 2 aliphatic heterocycles. The Morgan fingerprint density at radius 1 is 1.15 bits per heavy atom. The fourth-order valence-corrected chi connectivity index (χ4v) is 6.27. The van der Waals surface area contributed by atoms with E-state index in [-0.39, 0.29) is 12.0 Å². The molecule has 0 saturated carbocycles. The zero-order valence-electron chi connectivity index (χ0n) is 19.2. The lowest BCUT2D eigenvalue weighted by atomic mass is 10.2. The molecule has 0 spiro atoms. The Labute approximate surface area is 202 Å². The SMILES string of the molecule is CC1COCCN1c1nc(-c2cnc(N)nc2)nc2cc(CN3CCN(S(C)(=O)=O)CC3)sc12. The van der Waals surface area contributed by atoms with Crippen LogP contribution in [0.2, 0.25) is 0 Å². The van der Waals surface area contributed by atoms with Gasteiger partial charge in [-0.1, -0.05) is 0 Å². The molecule has 11 nitrogen and oxygen atoms in total. The van der Waals surface area contributed by atoms with E-state index in [1.807, 2.05) is 0 Å². The first kappa shape index (κ1) is 23.3. The number of ether oxygens (including phenoxy) is 1. The first-order valence-electron chi connectivity index (χ1n) is 11.2. The first-order valence-corrected chi connectivity index (χ1v) is 13.8. The summed E-state index contributed by atoms with van der Waals surface area (Å²) in [6, 6.07) is 2.30. The molecule has 2 aliphatic rings. The predicted octanol–water partition coefficient (Wildman–Crippen LogP) is 1.03. The van der Waals surface area contributed by atoms with Gasteiger partial charge >= 0.3 is 0 Å². The Hall–Kier alpha value is -2.45. The van der Waals surface area contributed by atoms with E-state index in [9.17, 15) is 8.42 Å². The lowest BCUT2D eigenvalue weighted by molar-refractivity contribution is 0.0987. The van der Waals surface area contributed by atoms with Gasteiger partial charge in [-0.3, -0.25) is 4.90 Å². The molecule has 5 heterocycles. The normalized spacial score (nSPS) is 20.8. The number of piperazine rings is 1. The number of thiophene rings is 1. The lowest BCUT2D eigenvalue weighted by Crippen LogP contribution is -2.47. The maximum absolute atomic E-state index is 11.8. The quantitative estimate of drug-likeness (QED) is 0.537. The zero-order valence-corrected chi connectivity index (χ0v) is 20.8. The molecule has 1 atom stereocenters. The van der Waals surface area contributed by atoms with E-state index in [0.29, 0.717) is 50.8 Å². The number of morpholine rings is 1. The van der Waals surface area contributed by atoms with E-state index in [4.69, 9.17) is 20.4 Å². The molecule has 0 bridgehead atoms. The average molecular weight is 505 g/mol. The maximum Gasteiger partial charge on any atom is 0.219 e. The summed E-state index contributed by atoms with van der Waals surface area (Å²) in [5.41, 5.74) is 7.25. The molecule has 2 N–H and O–H groups in total. The molecule has 0 aromatic carbocycles. The molecule has 13 heteroatoms. The van der Waals surface area contributed by atoms with Gasteiger partial charge in [-0.25, -0.2) is 28.4 Å². The summed E-state index contributed by atoms with van der Waals surface area (Å²) in [6.07, 6.45) is 4.56. The summed E-state index contributed by atoms with van der Waals surface area (Å²) >= 11 is 1.69. The second kappa shape index (κ2) is 9.30. The molecule has 2 saturated heterocycles. The van der Waals surface area contributed by atoms with E-state index in [0.717, 1.165) is 29.1 Å². The molecule has 182 valence electrons. The number of sulfonamides is 1. The maximum atomic E-state index is 11.8. The van der Waals surface area contributed by atoms with Crippen molar-refractivity contribution in [3.63, 3.8) is 0 Å². The number of anilines is 2. The molecule has 2 fully saturated rings. The highest BCUT2D eigenvalue weighted by Gasteiger charge is 2.27. The van der Waals surface area contributed by atoms with Crippen molar-refractivity contribution in [2.45, 2.75) is 19.5 Å². The molecular weight excluding hydrogens is 476 g/mol. The van der Waals surface area contributed by atoms with Gasteiger partial charge in [-0.15, -0.1) is 11.3 Å². The van der Waals surface area contributed by atoms with Crippen molar-refractivity contribution in [2.75, 3.05) is 62.8 Å². The van der Waals surface area contributed by atoms with Crippen molar-refractivity contribution in [1.29, 1.82) is 0 Å². The van der Waals surface area contributed by atoms with Crippen LogP contribution in [0.3, 0.4) is 0 Å². The third-order valence-corrected chi connectivity index (χ3v) is 8.56. The van der Waals surface area contributed by atoms with E-state index < -0.39 is 10.0 Å². The van der Waals surface area contributed by atoms with Crippen LogP contribution in [0.15, 0.2) is 18.5 Å². The number of hydrogen-bond donors (Lipinski definition) is 1. The smallest absolute Gasteiger partial charge is 0.219 e. The predicted molar refractivity (Wildman–Crippen MR) is 132 cm³/mol. The molecule has 1 unspecified atom stereocenters. The number of rotatable bonds is 5. The van der Waals surface area contributed by atoms with Crippen LogP contribution in [0.25, 0.3) is 21.6 Å². The average Bonchev–Trinajstić information content (AvgIpc) is 3.21.